The highest BCUT2D eigenvalue weighted by atomic mass is 128. The van der Waals surface area contributed by atoms with Crippen molar-refractivity contribution in [2.75, 3.05) is 11.9 Å². The van der Waals surface area contributed by atoms with Crippen LogP contribution in [0.25, 0.3) is 11.1 Å². The van der Waals surface area contributed by atoms with Crippen molar-refractivity contribution >= 4 is 48.8 Å². The fourth-order valence-electron chi connectivity index (χ4n) is 2.67. The molecule has 0 fully saturated rings. The Morgan fingerprint density at radius 1 is 0.667 bits per heavy atom. The summed E-state index contributed by atoms with van der Waals surface area (Å²) in [5, 5.41) is 0. The van der Waals surface area contributed by atoms with Crippen molar-refractivity contribution in [3.05, 3.63) is 90.0 Å². The van der Waals surface area contributed by atoms with Crippen molar-refractivity contribution in [1.82, 2.24) is 0 Å². The highest BCUT2D eigenvalue weighted by Gasteiger charge is 2.17. The SMILES string of the molecule is CC.CC.CC.CC.Cc1cccc(N(C)C(=O)c2ccccc2-c2ccccc2)c1.II. The van der Waals surface area contributed by atoms with Crippen LogP contribution in [0.15, 0.2) is 78.9 Å². The standard InChI is InChI=1S/C21H19NO.4C2H6.I2/c1-16-9-8-12-18(15-16)22(2)21(23)20-14-7-6-13-19(20)17-10-4-3-5-11-17;5*1-2/h3-15H,1-2H3;4*1-2H3;. The smallest absolute Gasteiger partial charge is 0.258 e. The molecule has 2 nitrogen and oxygen atoms in total. The van der Waals surface area contributed by atoms with Crippen LogP contribution in [0, 0.1) is 6.92 Å². The molecule has 33 heavy (non-hydrogen) atoms. The average Bonchev–Trinajstić information content (AvgIpc) is 2.94. The molecule has 1 amide bonds. The molecule has 184 valence electrons. The van der Waals surface area contributed by atoms with Gasteiger partial charge in [-0.2, -0.15) is 0 Å². The fraction of sp³-hybridized carbons (Fsp3) is 0.345. The first kappa shape index (κ1) is 36.2. The molecule has 0 heterocycles. The summed E-state index contributed by atoms with van der Waals surface area (Å²) in [4.78, 5) is 14.7. The van der Waals surface area contributed by atoms with Gasteiger partial charge in [-0.25, -0.2) is 0 Å². The van der Waals surface area contributed by atoms with Gasteiger partial charge in [0.25, 0.3) is 5.91 Å². The molecule has 0 atom stereocenters. The lowest BCUT2D eigenvalue weighted by Gasteiger charge is -2.19. The van der Waals surface area contributed by atoms with E-state index in [-0.39, 0.29) is 5.91 Å². The molecule has 0 spiro atoms. The number of carbonyl (C=O) groups excluding carboxylic acids is 1. The third-order valence-corrected chi connectivity index (χ3v) is 3.94. The Bertz CT molecular complexity index is 836. The van der Waals surface area contributed by atoms with Gasteiger partial charge in [0.05, 0.1) is 0 Å². The number of hydrogen-bond donors (Lipinski definition) is 0. The molecule has 0 radical (unpaired) electrons. The summed E-state index contributed by atoms with van der Waals surface area (Å²) >= 11 is 4.24. The molecule has 0 unspecified atom stereocenters. The molecule has 0 aliphatic rings. The first-order valence-electron chi connectivity index (χ1n) is 11.8. The number of rotatable bonds is 3. The summed E-state index contributed by atoms with van der Waals surface area (Å²) < 4.78 is 0. The summed E-state index contributed by atoms with van der Waals surface area (Å²) in [6, 6.07) is 25.7. The lowest BCUT2D eigenvalue weighted by atomic mass is 9.99. The number of nitrogens with zero attached hydrogens (tertiary/aromatic N) is 1. The fourth-order valence-corrected chi connectivity index (χ4v) is 2.67. The molecule has 0 aromatic heterocycles. The number of benzene rings is 3. The molecule has 3 aromatic rings. The minimum Gasteiger partial charge on any atom is -0.311 e. The molecule has 0 N–H and O–H groups in total. The van der Waals surface area contributed by atoms with Crippen molar-refractivity contribution in [2.24, 2.45) is 0 Å². The van der Waals surface area contributed by atoms with E-state index in [9.17, 15) is 4.79 Å². The maximum atomic E-state index is 13.0. The van der Waals surface area contributed by atoms with Crippen molar-refractivity contribution in [3.63, 3.8) is 0 Å². The molecule has 0 bridgehead atoms. The molecular formula is C29H43I2NO. The molecule has 0 saturated carbocycles. The van der Waals surface area contributed by atoms with Crippen LogP contribution >= 0.6 is 37.2 Å². The van der Waals surface area contributed by atoms with E-state index in [1.54, 1.807) is 4.90 Å². The van der Waals surface area contributed by atoms with Gasteiger partial charge in [-0.15, -0.1) is 0 Å². The number of aryl methyl sites for hydroxylation is 1. The average molecular weight is 675 g/mol. The van der Waals surface area contributed by atoms with Gasteiger partial charge in [0.15, 0.2) is 0 Å². The van der Waals surface area contributed by atoms with Crippen molar-refractivity contribution in [2.45, 2.75) is 62.3 Å². The van der Waals surface area contributed by atoms with Gasteiger partial charge < -0.3 is 4.90 Å². The van der Waals surface area contributed by atoms with Crippen molar-refractivity contribution in [3.8, 4) is 11.1 Å². The Morgan fingerprint density at radius 3 is 1.67 bits per heavy atom. The number of anilines is 1. The third kappa shape index (κ3) is 13.2. The van der Waals surface area contributed by atoms with Gasteiger partial charge >= 0.3 is 0 Å². The van der Waals surface area contributed by atoms with Crippen molar-refractivity contribution in [1.29, 1.82) is 0 Å². The van der Waals surface area contributed by atoms with Crippen LogP contribution in [-0.4, -0.2) is 13.0 Å². The maximum absolute atomic E-state index is 13.0. The number of amides is 1. The van der Waals surface area contributed by atoms with Gasteiger partial charge in [-0.1, -0.05) is 116 Å². The van der Waals surface area contributed by atoms with Crippen LogP contribution in [-0.2, 0) is 0 Å². The number of hydrogen-bond acceptors (Lipinski definition) is 1. The Morgan fingerprint density at radius 2 is 1.15 bits per heavy atom. The second-order valence-electron chi connectivity index (χ2n) is 5.61. The number of carbonyl (C=O) groups is 1. The van der Waals surface area contributed by atoms with Crippen LogP contribution in [0.1, 0.15) is 71.3 Å². The molecule has 0 saturated heterocycles. The van der Waals surface area contributed by atoms with E-state index in [2.05, 4.69) is 37.2 Å². The molecule has 0 aliphatic heterocycles. The van der Waals surface area contributed by atoms with Crippen LogP contribution in [0.2, 0.25) is 0 Å². The van der Waals surface area contributed by atoms with Gasteiger partial charge in [0.1, 0.15) is 0 Å². The Labute approximate surface area is 227 Å². The van der Waals surface area contributed by atoms with E-state index in [1.165, 1.54) is 0 Å². The summed E-state index contributed by atoms with van der Waals surface area (Å²) in [6.07, 6.45) is 0. The highest BCUT2D eigenvalue weighted by Crippen LogP contribution is 2.26. The molecule has 3 rings (SSSR count). The second kappa shape index (κ2) is 25.2. The van der Waals surface area contributed by atoms with Crippen LogP contribution in [0.5, 0.6) is 0 Å². The highest BCUT2D eigenvalue weighted by molar-refractivity contribution is 15.0. The zero-order chi connectivity index (χ0) is 26.2. The first-order chi connectivity index (χ1) is 16.2. The summed E-state index contributed by atoms with van der Waals surface area (Å²) in [5.74, 6) is -0.00458. The summed E-state index contributed by atoms with van der Waals surface area (Å²) in [7, 11) is 1.82. The van der Waals surface area contributed by atoms with Gasteiger partial charge in [-0.3, -0.25) is 4.79 Å². The van der Waals surface area contributed by atoms with Gasteiger partial charge in [0, 0.05) is 55.5 Å². The molecular weight excluding hydrogens is 632 g/mol. The van der Waals surface area contributed by atoms with Crippen LogP contribution in [0.4, 0.5) is 5.69 Å². The van der Waals surface area contributed by atoms with E-state index in [1.807, 2.05) is 148 Å². The predicted octanol–water partition coefficient (Wildman–Crippen LogP) is 10.8. The lowest BCUT2D eigenvalue weighted by Crippen LogP contribution is -2.26. The normalized spacial score (nSPS) is 8.12. The Hall–Kier alpha value is -1.41. The monoisotopic (exact) mass is 675 g/mol. The van der Waals surface area contributed by atoms with Crippen LogP contribution < -0.4 is 4.90 Å². The van der Waals surface area contributed by atoms with E-state index in [0.29, 0.717) is 5.56 Å². The first-order valence-corrected chi connectivity index (χ1v) is 18.1. The predicted molar refractivity (Wildman–Crippen MR) is 169 cm³/mol. The van der Waals surface area contributed by atoms with Gasteiger partial charge in [-0.05, 0) is 41.8 Å². The minimum absolute atomic E-state index is 0.00458. The Kier molecular flexibility index (Phi) is 27.6. The number of halogens is 2. The summed E-state index contributed by atoms with van der Waals surface area (Å²) in [5.41, 5.74) is 4.76. The van der Waals surface area contributed by atoms with Crippen molar-refractivity contribution < 1.29 is 4.79 Å². The van der Waals surface area contributed by atoms with Crippen LogP contribution in [0.3, 0.4) is 0 Å². The maximum Gasteiger partial charge on any atom is 0.258 e. The quantitative estimate of drug-likeness (QED) is 0.253. The third-order valence-electron chi connectivity index (χ3n) is 3.94. The van der Waals surface area contributed by atoms with E-state index < -0.39 is 0 Å². The van der Waals surface area contributed by atoms with Gasteiger partial charge in [0.2, 0.25) is 0 Å². The summed E-state index contributed by atoms with van der Waals surface area (Å²) in [6.45, 7) is 18.0. The van der Waals surface area contributed by atoms with E-state index in [4.69, 9.17) is 0 Å². The zero-order valence-corrected chi connectivity index (χ0v) is 26.4. The van der Waals surface area contributed by atoms with E-state index in [0.717, 1.165) is 22.4 Å². The second-order valence-corrected chi connectivity index (χ2v) is 5.61. The largest absolute Gasteiger partial charge is 0.311 e. The minimum atomic E-state index is -0.00458. The molecule has 3 aromatic carbocycles. The topological polar surface area (TPSA) is 20.3 Å². The Balaban J connectivity index is -0.000000798. The molecule has 0 aliphatic carbocycles. The van der Waals surface area contributed by atoms with E-state index >= 15 is 0 Å². The zero-order valence-electron chi connectivity index (χ0n) is 22.1. The lowest BCUT2D eigenvalue weighted by molar-refractivity contribution is 0.0993. The molecule has 4 heteroatoms.